The Morgan fingerprint density at radius 1 is 1.44 bits per heavy atom. The Bertz CT molecular complexity index is 965. The van der Waals surface area contributed by atoms with Gasteiger partial charge in [0, 0.05) is 37.6 Å². The van der Waals surface area contributed by atoms with Gasteiger partial charge in [0.15, 0.2) is 0 Å². The number of nitrogens with one attached hydrogen (secondary N) is 1. The third-order valence-corrected chi connectivity index (χ3v) is 4.83. The van der Waals surface area contributed by atoms with Crippen molar-refractivity contribution in [3.63, 3.8) is 0 Å². The Kier molecular flexibility index (Phi) is 4.49. The molecule has 0 aliphatic carbocycles. The molecule has 3 aromatic rings. The maximum atomic E-state index is 14.4. The molecule has 0 saturated carbocycles. The molecule has 3 N–H and O–H groups in total. The molecule has 0 spiro atoms. The molecule has 8 heteroatoms. The van der Waals surface area contributed by atoms with Crippen LogP contribution in [-0.2, 0) is 13.0 Å². The number of hydrogen-bond acceptors (Lipinski definition) is 4. The molecule has 1 aliphatic heterocycles. The Morgan fingerprint density at radius 2 is 2.30 bits per heavy atom. The van der Waals surface area contributed by atoms with Crippen LogP contribution in [0.1, 0.15) is 41.3 Å². The van der Waals surface area contributed by atoms with E-state index in [1.54, 1.807) is 36.8 Å². The first kappa shape index (κ1) is 17.4. The second kappa shape index (κ2) is 6.96. The number of aryl methyl sites for hydroxylation is 1. The molecular weight excluding hydrogens is 347 g/mol. The molecule has 140 valence electrons. The van der Waals surface area contributed by atoms with Crippen LogP contribution in [0.25, 0.3) is 5.69 Å². The molecule has 7 nitrogen and oxygen atoms in total. The molecule has 3 heterocycles. The quantitative estimate of drug-likeness (QED) is 0.737. The topological polar surface area (TPSA) is 90.8 Å². The minimum atomic E-state index is -0.399. The summed E-state index contributed by atoms with van der Waals surface area (Å²) >= 11 is 0. The van der Waals surface area contributed by atoms with E-state index in [1.807, 2.05) is 11.5 Å². The number of aromatic nitrogens is 4. The van der Waals surface area contributed by atoms with Gasteiger partial charge in [0.1, 0.15) is 23.0 Å². The van der Waals surface area contributed by atoms with Crippen LogP contribution >= 0.6 is 0 Å². The van der Waals surface area contributed by atoms with Crippen molar-refractivity contribution in [2.45, 2.75) is 38.4 Å². The van der Waals surface area contributed by atoms with Crippen LogP contribution in [0, 0.1) is 5.82 Å². The largest absolute Gasteiger partial charge is 0.344 e. The fraction of sp³-hybridized carbons (Fsp3) is 0.316. The van der Waals surface area contributed by atoms with Crippen LogP contribution in [0.2, 0.25) is 0 Å². The number of rotatable bonds is 4. The number of nitrogens with zero attached hydrogens (tertiary/aromatic N) is 4. The number of benzene rings is 1. The first-order valence-electron chi connectivity index (χ1n) is 8.93. The second-order valence-electron chi connectivity index (χ2n) is 6.85. The van der Waals surface area contributed by atoms with Crippen molar-refractivity contribution in [3.05, 3.63) is 65.8 Å². The molecule has 0 radical (unpaired) electrons. The highest BCUT2D eigenvalue weighted by molar-refractivity contribution is 5.92. The first-order valence-corrected chi connectivity index (χ1v) is 8.93. The number of imidazole rings is 1. The van der Waals surface area contributed by atoms with Crippen LogP contribution < -0.4 is 11.1 Å². The molecule has 2 aromatic heterocycles. The lowest BCUT2D eigenvalue weighted by Gasteiger charge is -2.19. The minimum absolute atomic E-state index is 0.0952. The molecule has 1 aromatic carbocycles. The van der Waals surface area contributed by atoms with Crippen molar-refractivity contribution in [1.29, 1.82) is 0 Å². The fourth-order valence-electron chi connectivity index (χ4n) is 3.32. The Balaban J connectivity index is 1.48. The van der Waals surface area contributed by atoms with E-state index in [9.17, 15) is 9.18 Å². The number of fused-ring (bicyclic) bond motifs is 1. The molecule has 0 fully saturated rings. The molecule has 1 unspecified atom stereocenters. The van der Waals surface area contributed by atoms with E-state index in [0.29, 0.717) is 23.5 Å². The van der Waals surface area contributed by atoms with Crippen LogP contribution in [0.5, 0.6) is 0 Å². The van der Waals surface area contributed by atoms with Crippen molar-refractivity contribution < 1.29 is 9.18 Å². The van der Waals surface area contributed by atoms with Gasteiger partial charge in [-0.1, -0.05) is 6.07 Å². The van der Waals surface area contributed by atoms with E-state index < -0.39 is 5.82 Å². The zero-order chi connectivity index (χ0) is 19.0. The van der Waals surface area contributed by atoms with E-state index in [1.165, 1.54) is 10.7 Å². The zero-order valence-corrected chi connectivity index (χ0v) is 15.0. The molecule has 1 amide bonds. The van der Waals surface area contributed by atoms with Crippen molar-refractivity contribution in [3.8, 4) is 5.69 Å². The van der Waals surface area contributed by atoms with Gasteiger partial charge in [-0.2, -0.15) is 5.10 Å². The van der Waals surface area contributed by atoms with E-state index >= 15 is 0 Å². The SMILES string of the molecule is C[C@@H](NC(=O)c1cn2c(n1)CCC(N)C2)c1ccc(-n2cccn2)c(F)c1. The lowest BCUT2D eigenvalue weighted by Crippen LogP contribution is -2.31. The average molecular weight is 368 g/mol. The Morgan fingerprint density at radius 3 is 3.04 bits per heavy atom. The monoisotopic (exact) mass is 368 g/mol. The Hall–Kier alpha value is -3.00. The summed E-state index contributed by atoms with van der Waals surface area (Å²) in [6.07, 6.45) is 6.64. The molecule has 27 heavy (non-hydrogen) atoms. The van der Waals surface area contributed by atoms with Gasteiger partial charge in [-0.15, -0.1) is 0 Å². The van der Waals surface area contributed by atoms with Gasteiger partial charge >= 0.3 is 0 Å². The highest BCUT2D eigenvalue weighted by Crippen LogP contribution is 2.20. The third kappa shape index (κ3) is 3.48. The fourth-order valence-corrected chi connectivity index (χ4v) is 3.32. The molecular formula is C19H21FN6O. The number of halogens is 1. The smallest absolute Gasteiger partial charge is 0.271 e. The van der Waals surface area contributed by atoms with Crippen molar-refractivity contribution in [2.75, 3.05) is 0 Å². The van der Waals surface area contributed by atoms with Crippen LogP contribution in [0.15, 0.2) is 42.9 Å². The number of hydrogen-bond donors (Lipinski definition) is 2. The summed E-state index contributed by atoms with van der Waals surface area (Å²) in [5.74, 6) is 0.197. The highest BCUT2D eigenvalue weighted by Gasteiger charge is 2.21. The molecule has 2 atom stereocenters. The van der Waals surface area contributed by atoms with Crippen molar-refractivity contribution >= 4 is 5.91 Å². The van der Waals surface area contributed by atoms with Crippen LogP contribution in [-0.4, -0.2) is 31.3 Å². The predicted octanol–water partition coefficient (Wildman–Crippen LogP) is 1.97. The van der Waals surface area contributed by atoms with Gasteiger partial charge in [0.05, 0.1) is 6.04 Å². The van der Waals surface area contributed by atoms with Crippen LogP contribution in [0.4, 0.5) is 4.39 Å². The Labute approximate surface area is 156 Å². The summed E-state index contributed by atoms with van der Waals surface area (Å²) in [6.45, 7) is 2.48. The summed E-state index contributed by atoms with van der Waals surface area (Å²) in [6, 6.07) is 6.31. The predicted molar refractivity (Wildman–Crippen MR) is 97.9 cm³/mol. The summed E-state index contributed by atoms with van der Waals surface area (Å²) in [5.41, 5.74) is 7.35. The maximum Gasteiger partial charge on any atom is 0.271 e. The average Bonchev–Trinajstić information content (AvgIpc) is 3.30. The summed E-state index contributed by atoms with van der Waals surface area (Å²) in [4.78, 5) is 16.9. The lowest BCUT2D eigenvalue weighted by atomic mass is 10.1. The number of amides is 1. The van der Waals surface area contributed by atoms with E-state index in [2.05, 4.69) is 15.4 Å². The number of carbonyl (C=O) groups is 1. The summed E-state index contributed by atoms with van der Waals surface area (Å²) in [7, 11) is 0. The number of nitrogens with two attached hydrogens (primary N) is 1. The van der Waals surface area contributed by atoms with Gasteiger partial charge in [0.25, 0.3) is 5.91 Å². The van der Waals surface area contributed by atoms with Gasteiger partial charge in [0.2, 0.25) is 0 Å². The van der Waals surface area contributed by atoms with Crippen molar-refractivity contribution in [1.82, 2.24) is 24.6 Å². The maximum absolute atomic E-state index is 14.4. The van der Waals surface area contributed by atoms with E-state index in [4.69, 9.17) is 5.73 Å². The normalized spacial score (nSPS) is 17.4. The summed E-state index contributed by atoms with van der Waals surface area (Å²) in [5, 5.41) is 6.91. The van der Waals surface area contributed by atoms with E-state index in [-0.39, 0.29) is 18.0 Å². The van der Waals surface area contributed by atoms with Crippen molar-refractivity contribution in [2.24, 2.45) is 5.73 Å². The van der Waals surface area contributed by atoms with Gasteiger partial charge in [-0.25, -0.2) is 14.1 Å². The van der Waals surface area contributed by atoms with Gasteiger partial charge in [-0.05, 0) is 37.1 Å². The van der Waals surface area contributed by atoms with Crippen LogP contribution in [0.3, 0.4) is 0 Å². The number of carbonyl (C=O) groups excluding carboxylic acids is 1. The molecule has 0 bridgehead atoms. The minimum Gasteiger partial charge on any atom is -0.344 e. The lowest BCUT2D eigenvalue weighted by molar-refractivity contribution is 0.0935. The van der Waals surface area contributed by atoms with Gasteiger partial charge < -0.3 is 15.6 Å². The first-order chi connectivity index (χ1) is 13.0. The van der Waals surface area contributed by atoms with Gasteiger partial charge in [-0.3, -0.25) is 4.79 Å². The molecule has 1 aliphatic rings. The molecule has 4 rings (SSSR count). The highest BCUT2D eigenvalue weighted by atomic mass is 19.1. The summed E-state index contributed by atoms with van der Waals surface area (Å²) < 4.78 is 17.8. The zero-order valence-electron chi connectivity index (χ0n) is 15.0. The second-order valence-corrected chi connectivity index (χ2v) is 6.85. The van der Waals surface area contributed by atoms with E-state index in [0.717, 1.165) is 18.7 Å². The third-order valence-electron chi connectivity index (χ3n) is 4.83. The molecule has 0 saturated heterocycles. The standard InChI is InChI=1S/C19H21FN6O/c1-12(13-3-5-17(15(20)9-13)26-8-2-7-22-26)23-19(27)16-11-25-10-14(21)4-6-18(25)24-16/h2-3,5,7-9,11-12,14H,4,6,10,21H2,1H3,(H,23,27)/t12-,14?/m1/s1.